The maximum absolute atomic E-state index is 13.6. The lowest BCUT2D eigenvalue weighted by molar-refractivity contribution is -0.157. The molecular formula is C42H77NO5. The molecular weight excluding hydrogens is 598 g/mol. The minimum absolute atomic E-state index is 0.000780. The van der Waals surface area contributed by atoms with Crippen LogP contribution in [0.4, 0.5) is 0 Å². The van der Waals surface area contributed by atoms with E-state index < -0.39 is 0 Å². The van der Waals surface area contributed by atoms with E-state index in [1.165, 1.54) is 103 Å². The summed E-state index contributed by atoms with van der Waals surface area (Å²) in [5.41, 5.74) is 0. The summed E-state index contributed by atoms with van der Waals surface area (Å²) in [7, 11) is 0. The van der Waals surface area contributed by atoms with Gasteiger partial charge >= 0.3 is 11.9 Å². The first-order valence-electron chi connectivity index (χ1n) is 21.2. The highest BCUT2D eigenvalue weighted by molar-refractivity contribution is 5.73. The lowest BCUT2D eigenvalue weighted by Gasteiger charge is -2.36. The molecule has 3 aliphatic rings. The summed E-state index contributed by atoms with van der Waals surface area (Å²) < 4.78 is 12.4. The Morgan fingerprint density at radius 3 is 1.50 bits per heavy atom. The molecule has 2 unspecified atom stereocenters. The van der Waals surface area contributed by atoms with Crippen LogP contribution in [-0.4, -0.2) is 61.4 Å². The van der Waals surface area contributed by atoms with Gasteiger partial charge in [0.25, 0.3) is 0 Å². The summed E-state index contributed by atoms with van der Waals surface area (Å²) >= 11 is 0. The third kappa shape index (κ3) is 16.7. The zero-order valence-electron chi connectivity index (χ0n) is 31.6. The quantitative estimate of drug-likeness (QED) is 0.0628. The van der Waals surface area contributed by atoms with Gasteiger partial charge in [0.05, 0.1) is 25.0 Å². The fraction of sp³-hybridized carbons (Fsp3) is 0.952. The molecule has 0 aromatic heterocycles. The van der Waals surface area contributed by atoms with Crippen molar-refractivity contribution in [3.05, 3.63) is 0 Å². The number of carbonyl (C=O) groups is 2. The van der Waals surface area contributed by atoms with Gasteiger partial charge in [-0.3, -0.25) is 9.59 Å². The summed E-state index contributed by atoms with van der Waals surface area (Å²) in [6.07, 6.45) is 30.4. The number of rotatable bonds is 29. The molecule has 0 spiro atoms. The average molecular weight is 676 g/mol. The number of hydrogen-bond acceptors (Lipinski definition) is 6. The van der Waals surface area contributed by atoms with Crippen molar-refractivity contribution in [1.82, 2.24) is 4.90 Å². The molecule has 3 rings (SSSR count). The van der Waals surface area contributed by atoms with Crippen LogP contribution < -0.4 is 0 Å². The number of carbonyl (C=O) groups excluding carboxylic acids is 2. The molecule has 0 aromatic carbocycles. The molecule has 48 heavy (non-hydrogen) atoms. The number of piperidine rings is 1. The maximum atomic E-state index is 13.6. The summed E-state index contributed by atoms with van der Waals surface area (Å²) in [4.78, 5) is 29.8. The molecule has 1 aliphatic heterocycles. The van der Waals surface area contributed by atoms with Crippen LogP contribution in [0, 0.1) is 35.5 Å². The highest BCUT2D eigenvalue weighted by Crippen LogP contribution is 2.36. The van der Waals surface area contributed by atoms with E-state index in [1.807, 2.05) is 0 Å². The van der Waals surface area contributed by atoms with Gasteiger partial charge in [-0.05, 0) is 88.8 Å². The number of likely N-dealkylation sites (tertiary alicyclic amines) is 1. The van der Waals surface area contributed by atoms with Crippen molar-refractivity contribution >= 4 is 11.9 Å². The minimum atomic E-state index is -0.000780. The Hall–Kier alpha value is -1.14. The molecule has 0 radical (unpaired) electrons. The molecule has 2 saturated carbocycles. The molecule has 1 N–H and O–H groups in total. The van der Waals surface area contributed by atoms with Crippen LogP contribution >= 0.6 is 0 Å². The lowest BCUT2D eigenvalue weighted by atomic mass is 9.77. The first-order chi connectivity index (χ1) is 23.5. The Labute approximate surface area is 296 Å². The van der Waals surface area contributed by atoms with Gasteiger partial charge in [-0.2, -0.15) is 0 Å². The number of unbranched alkanes of at least 4 members (excludes halogenated alkanes) is 11. The SMILES string of the molecule is CCCCCCCCC(CC1CCC1)C(=O)OCC(COC(=O)C(CCCCCCCC)CC1CCC1)C1CCN(CCCCO)CC1. The van der Waals surface area contributed by atoms with Crippen LogP contribution in [-0.2, 0) is 19.1 Å². The highest BCUT2D eigenvalue weighted by atomic mass is 16.5. The van der Waals surface area contributed by atoms with Gasteiger partial charge < -0.3 is 19.5 Å². The molecule has 2 atom stereocenters. The molecule has 280 valence electrons. The summed E-state index contributed by atoms with van der Waals surface area (Å²) in [5, 5.41) is 9.21. The standard InChI is InChI=1S/C42H77NO5/c1-3-5-7-9-11-13-23-38(31-35-19-17-20-35)41(45)47-33-40(37-25-28-43(29-26-37)27-15-16-30-44)34-48-42(46)39(32-36-21-18-22-36)24-14-12-10-8-6-4-2/h35-40,44H,3-34H2,1-2H3. The Kier molecular flexibility index (Phi) is 22.2. The molecule has 3 fully saturated rings. The van der Waals surface area contributed by atoms with Crippen molar-refractivity contribution in [2.75, 3.05) is 39.5 Å². The van der Waals surface area contributed by atoms with Crippen molar-refractivity contribution in [3.8, 4) is 0 Å². The van der Waals surface area contributed by atoms with Crippen molar-refractivity contribution in [1.29, 1.82) is 0 Å². The second-order valence-electron chi connectivity index (χ2n) is 16.2. The first kappa shape index (κ1) is 41.3. The van der Waals surface area contributed by atoms with Crippen LogP contribution in [0.1, 0.15) is 181 Å². The predicted molar refractivity (Wildman–Crippen MR) is 198 cm³/mol. The third-order valence-electron chi connectivity index (χ3n) is 12.2. The molecule has 1 heterocycles. The van der Waals surface area contributed by atoms with E-state index in [4.69, 9.17) is 9.47 Å². The number of nitrogens with zero attached hydrogens (tertiary/aromatic N) is 1. The van der Waals surface area contributed by atoms with Crippen molar-refractivity contribution < 1.29 is 24.2 Å². The normalized spacial score (nSPS) is 19.7. The molecule has 0 aromatic rings. The monoisotopic (exact) mass is 676 g/mol. The van der Waals surface area contributed by atoms with E-state index in [0.717, 1.165) is 83.8 Å². The number of hydrogen-bond donors (Lipinski definition) is 1. The minimum Gasteiger partial charge on any atom is -0.465 e. The van der Waals surface area contributed by atoms with Gasteiger partial charge in [0.2, 0.25) is 0 Å². The van der Waals surface area contributed by atoms with Gasteiger partial charge in [0.1, 0.15) is 0 Å². The molecule has 1 saturated heterocycles. The zero-order chi connectivity index (χ0) is 34.2. The van der Waals surface area contributed by atoms with E-state index >= 15 is 0 Å². The number of aliphatic hydroxyl groups is 1. The Balaban J connectivity index is 1.56. The predicted octanol–water partition coefficient (Wildman–Crippen LogP) is 10.3. The highest BCUT2D eigenvalue weighted by Gasteiger charge is 2.33. The number of ether oxygens (including phenoxy) is 2. The van der Waals surface area contributed by atoms with E-state index in [0.29, 0.717) is 31.0 Å². The van der Waals surface area contributed by atoms with Crippen LogP contribution in [0.5, 0.6) is 0 Å². The third-order valence-corrected chi connectivity index (χ3v) is 12.2. The fourth-order valence-electron chi connectivity index (χ4n) is 8.30. The maximum Gasteiger partial charge on any atom is 0.308 e. The Bertz CT molecular complexity index is 767. The lowest BCUT2D eigenvalue weighted by Crippen LogP contribution is -2.40. The van der Waals surface area contributed by atoms with E-state index in [9.17, 15) is 14.7 Å². The fourth-order valence-corrected chi connectivity index (χ4v) is 8.30. The van der Waals surface area contributed by atoms with Gasteiger partial charge in [0.15, 0.2) is 0 Å². The Morgan fingerprint density at radius 1 is 0.625 bits per heavy atom. The Morgan fingerprint density at radius 2 is 1.08 bits per heavy atom. The van der Waals surface area contributed by atoms with Crippen LogP contribution in [0.2, 0.25) is 0 Å². The zero-order valence-corrected chi connectivity index (χ0v) is 31.6. The average Bonchev–Trinajstić information content (AvgIpc) is 3.05. The summed E-state index contributed by atoms with van der Waals surface area (Å²) in [6, 6.07) is 0. The van der Waals surface area contributed by atoms with Gasteiger partial charge in [0, 0.05) is 12.5 Å². The van der Waals surface area contributed by atoms with Gasteiger partial charge in [-0.15, -0.1) is 0 Å². The van der Waals surface area contributed by atoms with E-state index in [2.05, 4.69) is 18.7 Å². The van der Waals surface area contributed by atoms with Crippen LogP contribution in [0.15, 0.2) is 0 Å². The summed E-state index contributed by atoms with van der Waals surface area (Å²) in [6.45, 7) is 8.61. The molecule has 6 nitrogen and oxygen atoms in total. The first-order valence-corrected chi connectivity index (χ1v) is 21.2. The van der Waals surface area contributed by atoms with E-state index in [-0.39, 0.29) is 36.3 Å². The van der Waals surface area contributed by atoms with Gasteiger partial charge in [-0.25, -0.2) is 0 Å². The topological polar surface area (TPSA) is 76.1 Å². The second kappa shape index (κ2) is 25.8. The van der Waals surface area contributed by atoms with Crippen LogP contribution in [0.25, 0.3) is 0 Å². The van der Waals surface area contributed by atoms with E-state index in [1.54, 1.807) is 0 Å². The smallest absolute Gasteiger partial charge is 0.308 e. The van der Waals surface area contributed by atoms with Crippen molar-refractivity contribution in [3.63, 3.8) is 0 Å². The van der Waals surface area contributed by atoms with Crippen molar-refractivity contribution in [2.24, 2.45) is 35.5 Å². The number of aliphatic hydroxyl groups excluding tert-OH is 1. The molecule has 0 bridgehead atoms. The number of esters is 2. The molecule has 0 amide bonds. The largest absolute Gasteiger partial charge is 0.465 e. The van der Waals surface area contributed by atoms with Gasteiger partial charge in [-0.1, -0.05) is 129 Å². The second-order valence-corrected chi connectivity index (χ2v) is 16.2. The van der Waals surface area contributed by atoms with Crippen molar-refractivity contribution in [2.45, 2.75) is 181 Å². The molecule has 6 heteroatoms. The van der Waals surface area contributed by atoms with Crippen LogP contribution in [0.3, 0.4) is 0 Å². The molecule has 2 aliphatic carbocycles. The summed E-state index contributed by atoms with van der Waals surface area (Å²) in [5.74, 6) is 1.87.